The normalized spacial score (nSPS) is 20.8. The third-order valence-electron chi connectivity index (χ3n) is 5.82. The summed E-state index contributed by atoms with van der Waals surface area (Å²) in [6, 6.07) is 6.26. The van der Waals surface area contributed by atoms with Gasteiger partial charge in [0.1, 0.15) is 11.6 Å². The maximum Gasteiger partial charge on any atom is 0.225 e. The lowest BCUT2D eigenvalue weighted by molar-refractivity contribution is -0.126. The summed E-state index contributed by atoms with van der Waals surface area (Å²) in [4.78, 5) is 26.4. The smallest absolute Gasteiger partial charge is 0.225 e. The fraction of sp³-hybridized carbons (Fsp3) is 0.500. The molecule has 1 aromatic heterocycles. The van der Waals surface area contributed by atoms with Gasteiger partial charge in [0.2, 0.25) is 5.91 Å². The number of fused-ring (bicyclic) bond motifs is 3. The molecule has 2 aromatic rings. The van der Waals surface area contributed by atoms with Crippen LogP contribution in [-0.2, 0) is 11.2 Å². The molecule has 2 aliphatic rings. The van der Waals surface area contributed by atoms with Crippen LogP contribution in [0.2, 0.25) is 0 Å². The number of carbonyl (C=O) groups excluding carboxylic acids is 1. The van der Waals surface area contributed by atoms with Crippen molar-refractivity contribution in [3.63, 3.8) is 0 Å². The van der Waals surface area contributed by atoms with Crippen molar-refractivity contribution < 1.29 is 9.53 Å². The first-order valence-corrected chi connectivity index (χ1v) is 10.3. The first-order chi connectivity index (χ1) is 14.1. The van der Waals surface area contributed by atoms with E-state index in [0.29, 0.717) is 12.5 Å². The summed E-state index contributed by atoms with van der Waals surface area (Å²) < 4.78 is 5.46. The predicted octanol–water partition coefficient (Wildman–Crippen LogP) is 2.12. The van der Waals surface area contributed by atoms with Crippen molar-refractivity contribution in [1.82, 2.24) is 15.3 Å². The standard InChI is InChI=1S/C22H29N5O2/c1-15(2)12-25-22(28)18-10-16-4-5-17(29-3)11-19(16)27-9-8-26(14-20(18)27)21-13-23-6-7-24-21/h4-7,11,13,15,18,20H,8-10,12,14H2,1-3H3,(H,25,28)/t18-,20-/m1/s1. The monoisotopic (exact) mass is 395 g/mol. The largest absolute Gasteiger partial charge is 0.497 e. The number of nitrogens with one attached hydrogen (secondary N) is 1. The highest BCUT2D eigenvalue weighted by atomic mass is 16.5. The molecule has 1 amide bonds. The molecule has 0 saturated carbocycles. The molecular formula is C22H29N5O2. The second-order valence-electron chi connectivity index (χ2n) is 8.21. The van der Waals surface area contributed by atoms with Crippen molar-refractivity contribution in [2.24, 2.45) is 11.8 Å². The van der Waals surface area contributed by atoms with Crippen LogP contribution in [-0.4, -0.2) is 55.2 Å². The van der Waals surface area contributed by atoms with E-state index < -0.39 is 0 Å². The first-order valence-electron chi connectivity index (χ1n) is 10.3. The number of aromatic nitrogens is 2. The van der Waals surface area contributed by atoms with E-state index in [1.165, 1.54) is 11.3 Å². The van der Waals surface area contributed by atoms with Crippen molar-refractivity contribution >= 4 is 17.4 Å². The Labute approximate surface area is 172 Å². The van der Waals surface area contributed by atoms with Crippen LogP contribution in [0.15, 0.2) is 36.8 Å². The zero-order valence-electron chi connectivity index (χ0n) is 17.3. The van der Waals surface area contributed by atoms with Gasteiger partial charge in [0.05, 0.1) is 25.3 Å². The molecular weight excluding hydrogens is 366 g/mol. The van der Waals surface area contributed by atoms with Crippen LogP contribution in [0.1, 0.15) is 19.4 Å². The molecule has 1 aromatic carbocycles. The molecule has 0 unspecified atom stereocenters. The van der Waals surface area contributed by atoms with Gasteiger partial charge >= 0.3 is 0 Å². The number of anilines is 2. The first kappa shape index (κ1) is 19.5. The molecule has 1 fully saturated rings. The van der Waals surface area contributed by atoms with Gasteiger partial charge in [-0.3, -0.25) is 9.78 Å². The molecule has 0 bridgehead atoms. The molecule has 0 aliphatic carbocycles. The number of piperazine rings is 1. The summed E-state index contributed by atoms with van der Waals surface area (Å²) in [7, 11) is 1.69. The lowest BCUT2D eigenvalue weighted by atomic mass is 9.83. The SMILES string of the molecule is COc1ccc2c(c1)N1CCN(c3cnccn3)C[C@@H]1[C@H](C(=O)NCC(C)C)C2. The lowest BCUT2D eigenvalue weighted by Crippen LogP contribution is -2.61. The van der Waals surface area contributed by atoms with Gasteiger partial charge in [0.15, 0.2) is 0 Å². The van der Waals surface area contributed by atoms with Gasteiger partial charge in [-0.05, 0) is 24.0 Å². The number of ether oxygens (including phenoxy) is 1. The number of amides is 1. The van der Waals surface area contributed by atoms with Crippen molar-refractivity contribution in [2.45, 2.75) is 26.3 Å². The minimum absolute atomic E-state index is 0.0810. The Kier molecular flexibility index (Phi) is 5.56. The fourth-order valence-electron chi connectivity index (χ4n) is 4.30. The van der Waals surface area contributed by atoms with E-state index >= 15 is 0 Å². The molecule has 2 aliphatic heterocycles. The summed E-state index contributed by atoms with van der Waals surface area (Å²) in [5.41, 5.74) is 2.39. The summed E-state index contributed by atoms with van der Waals surface area (Å²) in [5, 5.41) is 3.16. The third-order valence-corrected chi connectivity index (χ3v) is 5.82. The van der Waals surface area contributed by atoms with E-state index in [4.69, 9.17) is 4.74 Å². The third kappa shape index (κ3) is 3.99. The number of nitrogens with zero attached hydrogens (tertiary/aromatic N) is 4. The fourth-order valence-corrected chi connectivity index (χ4v) is 4.30. The maximum absolute atomic E-state index is 13.1. The average Bonchev–Trinajstić information content (AvgIpc) is 2.76. The molecule has 7 heteroatoms. The molecule has 1 N–H and O–H groups in total. The Bertz CT molecular complexity index is 858. The zero-order valence-corrected chi connectivity index (χ0v) is 17.3. The highest BCUT2D eigenvalue weighted by Crippen LogP contribution is 2.38. The molecule has 0 radical (unpaired) electrons. The summed E-state index contributed by atoms with van der Waals surface area (Å²) >= 11 is 0. The van der Waals surface area contributed by atoms with Gasteiger partial charge in [0, 0.05) is 50.3 Å². The molecule has 7 nitrogen and oxygen atoms in total. The second-order valence-corrected chi connectivity index (χ2v) is 8.21. The summed E-state index contributed by atoms with van der Waals surface area (Å²) in [5.74, 6) is 2.18. The number of hydrogen-bond donors (Lipinski definition) is 1. The van der Waals surface area contributed by atoms with Crippen LogP contribution in [0.3, 0.4) is 0 Å². The molecule has 1 saturated heterocycles. The Morgan fingerprint density at radius 3 is 2.90 bits per heavy atom. The Morgan fingerprint density at radius 1 is 1.31 bits per heavy atom. The van der Waals surface area contributed by atoms with E-state index in [1.54, 1.807) is 25.7 Å². The minimum atomic E-state index is -0.103. The predicted molar refractivity (Wildman–Crippen MR) is 113 cm³/mol. The quantitative estimate of drug-likeness (QED) is 0.836. The number of rotatable bonds is 5. The van der Waals surface area contributed by atoms with E-state index in [-0.39, 0.29) is 17.9 Å². The number of benzene rings is 1. The Balaban J connectivity index is 1.64. The van der Waals surface area contributed by atoms with Crippen molar-refractivity contribution in [1.29, 1.82) is 0 Å². The summed E-state index contributed by atoms with van der Waals surface area (Å²) in [6.45, 7) is 7.35. The van der Waals surface area contributed by atoms with Gasteiger partial charge in [-0.25, -0.2) is 4.98 Å². The summed E-state index contributed by atoms with van der Waals surface area (Å²) in [6.07, 6.45) is 5.93. The van der Waals surface area contributed by atoms with E-state index in [2.05, 4.69) is 51.1 Å². The maximum atomic E-state index is 13.1. The van der Waals surface area contributed by atoms with Crippen molar-refractivity contribution in [2.75, 3.05) is 43.1 Å². The number of methoxy groups -OCH3 is 1. The van der Waals surface area contributed by atoms with Gasteiger partial charge < -0.3 is 19.9 Å². The van der Waals surface area contributed by atoms with Crippen LogP contribution in [0.4, 0.5) is 11.5 Å². The Morgan fingerprint density at radius 2 is 2.17 bits per heavy atom. The van der Waals surface area contributed by atoms with Gasteiger partial charge in [0.25, 0.3) is 0 Å². The van der Waals surface area contributed by atoms with E-state index in [1.807, 2.05) is 6.07 Å². The molecule has 4 rings (SSSR count). The van der Waals surface area contributed by atoms with Gasteiger partial charge in [-0.15, -0.1) is 0 Å². The molecule has 2 atom stereocenters. The van der Waals surface area contributed by atoms with Crippen LogP contribution in [0, 0.1) is 11.8 Å². The highest BCUT2D eigenvalue weighted by molar-refractivity contribution is 5.82. The topological polar surface area (TPSA) is 70.6 Å². The van der Waals surface area contributed by atoms with Crippen LogP contribution < -0.4 is 19.9 Å². The van der Waals surface area contributed by atoms with E-state index in [9.17, 15) is 4.79 Å². The van der Waals surface area contributed by atoms with Crippen LogP contribution in [0.5, 0.6) is 5.75 Å². The zero-order chi connectivity index (χ0) is 20.4. The van der Waals surface area contributed by atoms with Crippen molar-refractivity contribution in [3.05, 3.63) is 42.4 Å². The minimum Gasteiger partial charge on any atom is -0.497 e. The van der Waals surface area contributed by atoms with Gasteiger partial charge in [-0.1, -0.05) is 19.9 Å². The molecule has 0 spiro atoms. The number of hydrogen-bond acceptors (Lipinski definition) is 6. The molecule has 154 valence electrons. The second kappa shape index (κ2) is 8.27. The van der Waals surface area contributed by atoms with Crippen molar-refractivity contribution in [3.8, 4) is 5.75 Å². The molecule has 3 heterocycles. The van der Waals surface area contributed by atoms with E-state index in [0.717, 1.165) is 37.6 Å². The number of carbonyl (C=O) groups is 1. The van der Waals surface area contributed by atoms with Gasteiger partial charge in [-0.2, -0.15) is 0 Å². The molecule has 29 heavy (non-hydrogen) atoms. The van der Waals surface area contributed by atoms with Crippen LogP contribution in [0.25, 0.3) is 0 Å². The lowest BCUT2D eigenvalue weighted by Gasteiger charge is -2.49. The Hall–Kier alpha value is -2.83. The average molecular weight is 396 g/mol. The highest BCUT2D eigenvalue weighted by Gasteiger charge is 2.42. The van der Waals surface area contributed by atoms with Crippen LogP contribution >= 0.6 is 0 Å².